The molecular weight excluding hydrogens is 748 g/mol. The number of nitrogens with zero attached hydrogens (tertiary/aromatic N) is 4. The van der Waals surface area contributed by atoms with Crippen molar-refractivity contribution in [3.05, 3.63) is 94.0 Å². The summed E-state index contributed by atoms with van der Waals surface area (Å²) in [7, 11) is -5.70. The first-order valence-electron chi connectivity index (χ1n) is 16.6. The van der Waals surface area contributed by atoms with Gasteiger partial charge in [0.15, 0.2) is 15.7 Å². The highest BCUT2D eigenvalue weighted by Gasteiger charge is 2.45. The van der Waals surface area contributed by atoms with Gasteiger partial charge in [0.05, 0.1) is 39.2 Å². The lowest BCUT2D eigenvalue weighted by molar-refractivity contribution is -0.121. The van der Waals surface area contributed by atoms with Gasteiger partial charge < -0.3 is 5.32 Å². The number of aryl methyl sites for hydroxylation is 2. The molecule has 0 unspecified atom stereocenters. The smallest absolute Gasteiger partial charge is 0.231 e. The van der Waals surface area contributed by atoms with Crippen molar-refractivity contribution in [2.45, 2.75) is 62.0 Å². The van der Waals surface area contributed by atoms with E-state index in [-0.39, 0.29) is 40.6 Å². The number of nitrogens with one attached hydrogen (secondary N) is 3. The van der Waals surface area contributed by atoms with Crippen molar-refractivity contribution >= 4 is 54.1 Å². The van der Waals surface area contributed by atoms with Crippen molar-refractivity contribution in [1.82, 2.24) is 30.3 Å². The summed E-state index contributed by atoms with van der Waals surface area (Å²) >= 11 is 6.62. The molecule has 1 fully saturated rings. The van der Waals surface area contributed by atoms with Crippen molar-refractivity contribution in [1.29, 1.82) is 0 Å². The predicted octanol–water partition coefficient (Wildman–Crippen LogP) is 5.40. The number of amides is 1. The molecule has 6 rings (SSSR count). The molecule has 0 bridgehead atoms. The molecule has 1 aliphatic rings. The monoisotopic (exact) mass is 783 g/mol. The number of pyridine rings is 1. The Morgan fingerprint density at radius 3 is 2.42 bits per heavy atom. The van der Waals surface area contributed by atoms with Crippen molar-refractivity contribution in [2.24, 2.45) is 7.05 Å². The Hall–Kier alpha value is -4.85. The van der Waals surface area contributed by atoms with E-state index in [4.69, 9.17) is 16.6 Å². The normalized spacial score (nSPS) is 14.1. The second-order valence-corrected chi connectivity index (χ2v) is 18.4. The fourth-order valence-corrected chi connectivity index (χ4v) is 8.60. The molecule has 17 heteroatoms. The van der Waals surface area contributed by atoms with E-state index in [2.05, 4.69) is 37.2 Å². The summed E-state index contributed by atoms with van der Waals surface area (Å²) < 4.78 is 82.2. The van der Waals surface area contributed by atoms with Gasteiger partial charge in [0.1, 0.15) is 22.1 Å². The molecule has 2 aromatic carbocycles. The number of rotatable bonds is 12. The van der Waals surface area contributed by atoms with Gasteiger partial charge in [0, 0.05) is 42.6 Å². The van der Waals surface area contributed by atoms with Crippen LogP contribution in [0.2, 0.25) is 5.02 Å². The van der Waals surface area contributed by atoms with Crippen LogP contribution >= 0.6 is 11.6 Å². The quantitative estimate of drug-likeness (QED) is 0.141. The van der Waals surface area contributed by atoms with Crippen LogP contribution < -0.4 is 10.0 Å². The number of anilines is 1. The molecule has 1 amide bonds. The summed E-state index contributed by atoms with van der Waals surface area (Å²) in [5.41, 5.74) is 2.71. The third-order valence-corrected chi connectivity index (χ3v) is 12.6. The molecule has 0 saturated heterocycles. The first kappa shape index (κ1) is 37.9. The van der Waals surface area contributed by atoms with Crippen molar-refractivity contribution < 1.29 is 30.4 Å². The number of benzene rings is 2. The molecule has 0 radical (unpaired) electrons. The number of hydrogen-bond donors (Lipinski definition) is 3. The maximum absolute atomic E-state index is 14.5. The predicted molar refractivity (Wildman–Crippen MR) is 198 cm³/mol. The first-order chi connectivity index (χ1) is 24.9. The van der Waals surface area contributed by atoms with Crippen LogP contribution in [0.5, 0.6) is 0 Å². The first-order valence-corrected chi connectivity index (χ1v) is 20.4. The van der Waals surface area contributed by atoms with Crippen LogP contribution in [0.25, 0.3) is 22.0 Å². The van der Waals surface area contributed by atoms with Crippen LogP contribution in [-0.2, 0) is 44.5 Å². The minimum absolute atomic E-state index is 0.00755. The summed E-state index contributed by atoms with van der Waals surface area (Å²) in [5.74, 6) is 3.77. The van der Waals surface area contributed by atoms with E-state index in [1.165, 1.54) is 4.68 Å². The molecule has 12 nitrogen and oxygen atoms in total. The molecule has 53 heavy (non-hydrogen) atoms. The van der Waals surface area contributed by atoms with E-state index in [1.54, 1.807) is 57.4 Å². The number of carbonyl (C=O) groups is 1. The topological polar surface area (TPSA) is 169 Å². The second kappa shape index (κ2) is 14.5. The van der Waals surface area contributed by atoms with Crippen LogP contribution in [0.3, 0.4) is 0 Å². The van der Waals surface area contributed by atoms with Crippen molar-refractivity contribution in [2.75, 3.05) is 11.0 Å². The highest BCUT2D eigenvalue weighted by Crippen LogP contribution is 2.40. The van der Waals surface area contributed by atoms with Crippen molar-refractivity contribution in [3.8, 4) is 23.0 Å². The second-order valence-electron chi connectivity index (χ2n) is 13.5. The molecule has 0 spiro atoms. The Balaban J connectivity index is 1.53. The molecule has 1 aliphatic carbocycles. The molecular formula is C36H36ClF2N7O5S2. The number of carbonyl (C=O) groups excluding carboxylic acids is 1. The van der Waals surface area contributed by atoms with Gasteiger partial charge in [-0.1, -0.05) is 23.6 Å². The third kappa shape index (κ3) is 8.53. The number of sulfonamides is 1. The summed E-state index contributed by atoms with van der Waals surface area (Å²) in [6.45, 7) is 3.08. The molecule has 3 aromatic heterocycles. The minimum atomic E-state index is -3.75. The number of sulfone groups is 1. The molecule has 1 saturated carbocycles. The fraction of sp³-hybridized carbons (Fsp3) is 0.333. The molecule has 3 heterocycles. The number of aromatic nitrogens is 5. The molecule has 3 N–H and O–H groups in total. The lowest BCUT2D eigenvalue weighted by Crippen LogP contribution is -2.33. The van der Waals surface area contributed by atoms with Gasteiger partial charge in [-0.05, 0) is 87.4 Å². The van der Waals surface area contributed by atoms with Crippen LogP contribution in [0.15, 0.2) is 54.7 Å². The van der Waals surface area contributed by atoms with E-state index in [1.807, 2.05) is 0 Å². The zero-order valence-electron chi connectivity index (χ0n) is 29.2. The molecule has 1 atom stereocenters. The Morgan fingerprint density at radius 2 is 1.77 bits per heavy atom. The van der Waals surface area contributed by atoms with Gasteiger partial charge >= 0.3 is 0 Å². The maximum atomic E-state index is 14.5. The number of halogens is 3. The van der Waals surface area contributed by atoms with Crippen molar-refractivity contribution in [3.63, 3.8) is 0 Å². The summed E-state index contributed by atoms with van der Waals surface area (Å²) in [5, 5.41) is 14.2. The van der Waals surface area contributed by atoms with Crippen LogP contribution in [0.4, 0.5) is 14.6 Å². The largest absolute Gasteiger partial charge is 0.347 e. The zero-order valence-corrected chi connectivity index (χ0v) is 31.6. The minimum Gasteiger partial charge on any atom is -0.347 e. The molecule has 5 aromatic rings. The Bertz CT molecular complexity index is 2490. The highest BCUT2D eigenvalue weighted by molar-refractivity contribution is 7.93. The summed E-state index contributed by atoms with van der Waals surface area (Å²) in [6.07, 6.45) is 3.97. The Labute approximate surface area is 310 Å². The highest BCUT2D eigenvalue weighted by atomic mass is 35.5. The van der Waals surface area contributed by atoms with E-state index in [0.717, 1.165) is 30.1 Å². The van der Waals surface area contributed by atoms with E-state index in [9.17, 15) is 30.4 Å². The number of hydrogen-bond acceptors (Lipinski definition) is 8. The van der Waals surface area contributed by atoms with Gasteiger partial charge in [0.25, 0.3) is 0 Å². The average Bonchev–Trinajstić information content (AvgIpc) is 3.71. The van der Waals surface area contributed by atoms with E-state index < -0.39 is 53.4 Å². The standard InChI is InChI=1S/C36H36ClF2N7O5S2/c1-36(2,53(50,51)26-7-8-26)15-13-24-5-9-27(28-10-11-29(37)32-34(28)46(3)44-35(32)45-52(4,48)49)33(41-24)30(19-21-17-22(38)20-23(39)18-21)42-31(47)12-6-25-14-16-40-43-25/h5,9-11,14,16-18,20,26,30H,6-8,12,19H2,1-4H3,(H,40,43)(H,42,47)(H,44,45)/t30-/m0/s1. The number of fused-ring (bicyclic) bond motifs is 1. The van der Waals surface area contributed by atoms with Gasteiger partial charge in [-0.2, -0.15) is 10.2 Å². The zero-order chi connectivity index (χ0) is 38.3. The average molecular weight is 784 g/mol. The van der Waals surface area contributed by atoms with Gasteiger partial charge in [-0.3, -0.25) is 19.3 Å². The molecule has 278 valence electrons. The van der Waals surface area contributed by atoms with E-state index in [0.29, 0.717) is 41.3 Å². The Kier molecular flexibility index (Phi) is 10.4. The Morgan fingerprint density at radius 1 is 1.08 bits per heavy atom. The summed E-state index contributed by atoms with van der Waals surface area (Å²) in [4.78, 5) is 18.4. The fourth-order valence-electron chi connectivity index (χ4n) is 6.08. The third-order valence-electron chi connectivity index (χ3n) is 8.81. The lowest BCUT2D eigenvalue weighted by Gasteiger charge is -2.23. The maximum Gasteiger partial charge on any atom is 0.231 e. The number of aromatic amines is 1. The van der Waals surface area contributed by atoms with Gasteiger partial charge in [-0.15, -0.1) is 0 Å². The van der Waals surface area contributed by atoms with Gasteiger partial charge in [0.2, 0.25) is 15.9 Å². The van der Waals surface area contributed by atoms with Gasteiger partial charge in [-0.25, -0.2) is 30.6 Å². The van der Waals surface area contributed by atoms with Crippen LogP contribution in [0.1, 0.15) is 61.8 Å². The SMILES string of the molecule is Cn1nc(NS(C)(=O)=O)c2c(Cl)ccc(-c3ccc(C#CC(C)(C)S(=O)(=O)C4CC4)nc3[C@H](Cc3cc(F)cc(F)c3)NC(=O)CCc3ccn[nH]3)c21. The van der Waals surface area contributed by atoms with Crippen LogP contribution in [0, 0.1) is 23.5 Å². The summed E-state index contributed by atoms with van der Waals surface area (Å²) in [6, 6.07) is 10.3. The molecule has 0 aliphatic heterocycles. The lowest BCUT2D eigenvalue weighted by atomic mass is 9.93. The van der Waals surface area contributed by atoms with Crippen LogP contribution in [-0.4, -0.2) is 64.0 Å². The number of H-pyrrole nitrogens is 1. The van der Waals surface area contributed by atoms with E-state index >= 15 is 0 Å².